The molecule has 2 heterocycles. The van der Waals surface area contributed by atoms with Crippen LogP contribution in [0.1, 0.15) is 16.8 Å². The zero-order valence-electron chi connectivity index (χ0n) is 12.2. The average Bonchev–Trinajstić information content (AvgIpc) is 3.08. The maximum absolute atomic E-state index is 12.9. The average molecular weight is 358 g/mol. The second-order valence-corrected chi connectivity index (χ2v) is 8.59. The lowest BCUT2D eigenvalue weighted by Gasteiger charge is -2.22. The van der Waals surface area contributed by atoms with Crippen molar-refractivity contribution in [2.24, 2.45) is 7.05 Å². The van der Waals surface area contributed by atoms with Crippen LogP contribution in [0.3, 0.4) is 0 Å². The largest absolute Gasteiger partial charge is 0.337 e. The lowest BCUT2D eigenvalue weighted by atomic mass is 10.2. The first-order valence-electron chi connectivity index (χ1n) is 6.78. The third-order valence-electron chi connectivity index (χ3n) is 3.66. The fourth-order valence-electron chi connectivity index (χ4n) is 2.36. The van der Waals surface area contributed by atoms with Crippen LogP contribution >= 0.6 is 23.4 Å². The third kappa shape index (κ3) is 2.78. The molecule has 1 fully saturated rings. The summed E-state index contributed by atoms with van der Waals surface area (Å²) in [5, 5.41) is 0.514. The van der Waals surface area contributed by atoms with Crippen molar-refractivity contribution < 1.29 is 8.42 Å². The van der Waals surface area contributed by atoms with Crippen molar-refractivity contribution >= 4 is 33.4 Å². The zero-order valence-corrected chi connectivity index (χ0v) is 14.6. The van der Waals surface area contributed by atoms with E-state index in [4.69, 9.17) is 11.6 Å². The van der Waals surface area contributed by atoms with E-state index in [1.807, 2.05) is 12.1 Å². The van der Waals surface area contributed by atoms with Gasteiger partial charge in [-0.1, -0.05) is 23.7 Å². The first kappa shape index (κ1) is 15.9. The van der Waals surface area contributed by atoms with Crippen molar-refractivity contribution in [3.63, 3.8) is 0 Å². The Morgan fingerprint density at radius 1 is 1.32 bits per heavy atom. The highest BCUT2D eigenvalue weighted by molar-refractivity contribution is 8.00. The smallest absolute Gasteiger partial charge is 0.263 e. The Morgan fingerprint density at radius 3 is 2.59 bits per heavy atom. The molecule has 1 unspecified atom stereocenters. The van der Waals surface area contributed by atoms with Gasteiger partial charge in [0.25, 0.3) is 10.0 Å². The Hall–Kier alpha value is -1.02. The van der Waals surface area contributed by atoms with Crippen LogP contribution in [-0.4, -0.2) is 34.6 Å². The highest BCUT2D eigenvalue weighted by atomic mass is 35.5. The van der Waals surface area contributed by atoms with Gasteiger partial charge in [0, 0.05) is 30.6 Å². The fourth-order valence-corrected chi connectivity index (χ4v) is 5.76. The van der Waals surface area contributed by atoms with Gasteiger partial charge >= 0.3 is 0 Å². The molecule has 0 saturated carbocycles. The van der Waals surface area contributed by atoms with Gasteiger partial charge in [-0.15, -0.1) is 11.8 Å². The van der Waals surface area contributed by atoms with Crippen LogP contribution < -0.4 is 0 Å². The summed E-state index contributed by atoms with van der Waals surface area (Å²) in [6.45, 7) is 2.27. The van der Waals surface area contributed by atoms with E-state index in [0.717, 1.165) is 11.3 Å². The van der Waals surface area contributed by atoms with Crippen molar-refractivity contribution in [1.29, 1.82) is 0 Å². The summed E-state index contributed by atoms with van der Waals surface area (Å²) in [7, 11) is -1.81. The molecule has 1 saturated heterocycles. The highest BCUT2D eigenvalue weighted by Gasteiger charge is 2.38. The normalized spacial score (nSPS) is 19.7. The number of aromatic nitrogens is 2. The van der Waals surface area contributed by atoms with Gasteiger partial charge in [-0.3, -0.25) is 0 Å². The molecule has 1 aromatic carbocycles. The molecule has 0 aliphatic carbocycles. The highest BCUT2D eigenvalue weighted by Crippen LogP contribution is 2.41. The maximum Gasteiger partial charge on any atom is 0.263 e. The summed E-state index contributed by atoms with van der Waals surface area (Å²) in [4.78, 5) is 4.17. The van der Waals surface area contributed by atoms with Crippen LogP contribution in [0.25, 0.3) is 0 Å². The molecule has 3 rings (SSSR count). The third-order valence-corrected chi connectivity index (χ3v) is 7.05. The number of nitrogens with zero attached hydrogens (tertiary/aromatic N) is 3. The molecule has 1 aromatic heterocycles. The molecule has 5 nitrogen and oxygen atoms in total. The van der Waals surface area contributed by atoms with Gasteiger partial charge < -0.3 is 4.57 Å². The van der Waals surface area contributed by atoms with Crippen LogP contribution in [0.5, 0.6) is 0 Å². The minimum atomic E-state index is -3.60. The molecule has 8 heteroatoms. The van der Waals surface area contributed by atoms with E-state index < -0.39 is 10.0 Å². The van der Waals surface area contributed by atoms with Crippen molar-refractivity contribution in [3.05, 3.63) is 46.9 Å². The first-order valence-corrected chi connectivity index (χ1v) is 9.65. The minimum Gasteiger partial charge on any atom is -0.337 e. The van der Waals surface area contributed by atoms with E-state index in [1.54, 1.807) is 48.6 Å². The van der Waals surface area contributed by atoms with E-state index in [0.29, 0.717) is 17.4 Å². The number of thioether (sulfide) groups is 1. The maximum atomic E-state index is 12.9. The molecule has 0 radical (unpaired) electrons. The molecule has 118 valence electrons. The second kappa shape index (κ2) is 5.88. The summed E-state index contributed by atoms with van der Waals surface area (Å²) in [6, 6.07) is 7.31. The van der Waals surface area contributed by atoms with Crippen molar-refractivity contribution in [3.8, 4) is 0 Å². The topological polar surface area (TPSA) is 55.2 Å². The summed E-state index contributed by atoms with van der Waals surface area (Å²) in [6.07, 6.45) is 1.56. The summed E-state index contributed by atoms with van der Waals surface area (Å²) in [5.74, 6) is 1.44. The van der Waals surface area contributed by atoms with Crippen molar-refractivity contribution in [2.45, 2.75) is 17.3 Å². The number of hydrogen-bond donors (Lipinski definition) is 0. The Morgan fingerprint density at radius 2 is 2.00 bits per heavy atom. The quantitative estimate of drug-likeness (QED) is 0.847. The van der Waals surface area contributed by atoms with E-state index in [1.165, 1.54) is 4.31 Å². The minimum absolute atomic E-state index is 0.106. The van der Waals surface area contributed by atoms with Crippen LogP contribution in [-0.2, 0) is 17.1 Å². The van der Waals surface area contributed by atoms with Crippen molar-refractivity contribution in [1.82, 2.24) is 13.9 Å². The zero-order chi connectivity index (χ0) is 15.9. The summed E-state index contributed by atoms with van der Waals surface area (Å²) < 4.78 is 29.0. The second-order valence-electron chi connectivity index (χ2n) is 5.13. The summed E-state index contributed by atoms with van der Waals surface area (Å²) in [5.41, 5.74) is 0.933. The Balaban J connectivity index is 1.97. The first-order chi connectivity index (χ1) is 10.4. The number of aryl methyl sites for hydroxylation is 2. The summed E-state index contributed by atoms with van der Waals surface area (Å²) >= 11 is 7.52. The number of benzene rings is 1. The van der Waals surface area contributed by atoms with Gasteiger partial charge in [0.2, 0.25) is 0 Å². The number of halogens is 1. The monoisotopic (exact) mass is 357 g/mol. The molecule has 0 spiro atoms. The number of imidazole rings is 1. The Bertz CT molecular complexity index is 767. The molecule has 0 amide bonds. The van der Waals surface area contributed by atoms with Gasteiger partial charge in [-0.2, -0.15) is 4.31 Å². The van der Waals surface area contributed by atoms with Crippen molar-refractivity contribution in [2.75, 3.05) is 12.3 Å². The molecule has 1 aliphatic heterocycles. The van der Waals surface area contributed by atoms with E-state index in [9.17, 15) is 8.42 Å². The lowest BCUT2D eigenvalue weighted by Crippen LogP contribution is -2.30. The van der Waals surface area contributed by atoms with Crippen LogP contribution in [0.4, 0.5) is 0 Å². The molecular weight excluding hydrogens is 342 g/mol. The molecule has 0 bridgehead atoms. The van der Waals surface area contributed by atoms with Gasteiger partial charge in [-0.05, 0) is 24.6 Å². The lowest BCUT2D eigenvalue weighted by molar-refractivity contribution is 0.432. The Labute approximate surface area is 139 Å². The van der Waals surface area contributed by atoms with Gasteiger partial charge in [-0.25, -0.2) is 13.4 Å². The van der Waals surface area contributed by atoms with Gasteiger partial charge in [0.05, 0.1) is 5.37 Å². The predicted octanol–water partition coefficient (Wildman–Crippen LogP) is 2.82. The van der Waals surface area contributed by atoms with Crippen LogP contribution in [0.2, 0.25) is 5.02 Å². The number of hydrogen-bond acceptors (Lipinski definition) is 4. The number of sulfonamides is 1. The van der Waals surface area contributed by atoms with Crippen LogP contribution in [0, 0.1) is 6.92 Å². The SMILES string of the molecule is Cc1nc(S(=O)(=O)N2CCSC2c2ccc(Cl)cc2)cn1C. The van der Waals surface area contributed by atoms with E-state index in [-0.39, 0.29) is 10.4 Å². The molecular formula is C14H16ClN3O2S2. The molecule has 1 aliphatic rings. The molecule has 22 heavy (non-hydrogen) atoms. The fraction of sp³-hybridized carbons (Fsp3) is 0.357. The Kier molecular flexibility index (Phi) is 4.24. The molecule has 0 N–H and O–H groups in total. The van der Waals surface area contributed by atoms with E-state index in [2.05, 4.69) is 4.98 Å². The van der Waals surface area contributed by atoms with Crippen LogP contribution in [0.15, 0.2) is 35.5 Å². The number of rotatable bonds is 3. The van der Waals surface area contributed by atoms with Gasteiger partial charge in [0.15, 0.2) is 5.03 Å². The standard InChI is InChI=1S/C14H16ClN3O2S2/c1-10-16-13(9-17(10)2)22(19,20)18-7-8-21-14(18)11-3-5-12(15)6-4-11/h3-6,9,14H,7-8H2,1-2H3. The van der Waals surface area contributed by atoms with Gasteiger partial charge in [0.1, 0.15) is 5.82 Å². The molecule has 1 atom stereocenters. The predicted molar refractivity (Wildman–Crippen MR) is 88.5 cm³/mol. The molecule has 2 aromatic rings. The van der Waals surface area contributed by atoms with E-state index >= 15 is 0 Å².